The first-order chi connectivity index (χ1) is 9.60. The van der Waals surface area contributed by atoms with Gasteiger partial charge >= 0.3 is 0 Å². The Hall–Kier alpha value is -1.65. The zero-order valence-electron chi connectivity index (χ0n) is 11.9. The molecule has 1 saturated heterocycles. The van der Waals surface area contributed by atoms with Crippen molar-refractivity contribution in [3.8, 4) is 0 Å². The highest BCUT2D eigenvalue weighted by molar-refractivity contribution is 6.07. The minimum atomic E-state index is -1.24. The molecule has 0 saturated carbocycles. The average Bonchev–Trinajstić information content (AvgIpc) is 2.64. The van der Waals surface area contributed by atoms with E-state index in [1.807, 2.05) is 19.9 Å². The van der Waals surface area contributed by atoms with Gasteiger partial charge < -0.3 is 14.4 Å². The Morgan fingerprint density at radius 2 is 2.05 bits per heavy atom. The molecule has 2 aliphatic rings. The minimum absolute atomic E-state index is 0.138. The van der Waals surface area contributed by atoms with E-state index in [-0.39, 0.29) is 5.91 Å². The van der Waals surface area contributed by atoms with Crippen molar-refractivity contribution in [2.75, 3.05) is 24.7 Å². The first-order valence-corrected chi connectivity index (χ1v) is 6.92. The molecule has 0 aromatic heterocycles. The second-order valence-corrected chi connectivity index (χ2v) is 5.35. The summed E-state index contributed by atoms with van der Waals surface area (Å²) >= 11 is 0. The molecular formula is C16H19NO3. The Bertz CT molecular complexity index is 573. The van der Waals surface area contributed by atoms with E-state index in [4.69, 9.17) is 9.47 Å². The largest absolute Gasteiger partial charge is 0.338 e. The molecule has 0 aliphatic carbocycles. The van der Waals surface area contributed by atoms with Gasteiger partial charge in [0.15, 0.2) is 0 Å². The lowest BCUT2D eigenvalue weighted by atomic mass is 10.00. The molecule has 1 spiro atoms. The summed E-state index contributed by atoms with van der Waals surface area (Å²) in [5.74, 6) is -1.38. The second-order valence-electron chi connectivity index (χ2n) is 5.35. The van der Waals surface area contributed by atoms with Crippen LogP contribution in [0.15, 0.2) is 24.8 Å². The van der Waals surface area contributed by atoms with E-state index >= 15 is 0 Å². The van der Waals surface area contributed by atoms with Gasteiger partial charge in [-0.1, -0.05) is 17.7 Å². The number of carbonyl (C=O) groups is 1. The molecular weight excluding hydrogens is 254 g/mol. The number of carbonyl (C=O) groups excluding carboxylic acids is 1. The maximum absolute atomic E-state index is 12.8. The number of benzene rings is 1. The normalized spacial score (nSPS) is 20.3. The van der Waals surface area contributed by atoms with Crippen LogP contribution in [0.3, 0.4) is 0 Å². The van der Waals surface area contributed by atoms with Crippen LogP contribution in [0.4, 0.5) is 5.69 Å². The molecule has 106 valence electrons. The molecule has 20 heavy (non-hydrogen) atoms. The monoisotopic (exact) mass is 273 g/mol. The summed E-state index contributed by atoms with van der Waals surface area (Å²) in [4.78, 5) is 14.5. The fourth-order valence-corrected chi connectivity index (χ4v) is 3.08. The van der Waals surface area contributed by atoms with Gasteiger partial charge in [-0.2, -0.15) is 0 Å². The van der Waals surface area contributed by atoms with Crippen molar-refractivity contribution in [3.05, 3.63) is 41.5 Å². The van der Waals surface area contributed by atoms with Gasteiger partial charge in [0.25, 0.3) is 11.7 Å². The van der Waals surface area contributed by atoms with E-state index in [9.17, 15) is 4.79 Å². The maximum Gasteiger partial charge on any atom is 0.292 e. The summed E-state index contributed by atoms with van der Waals surface area (Å²) in [5, 5.41) is 0. The molecule has 1 aromatic rings. The van der Waals surface area contributed by atoms with Gasteiger partial charge in [-0.25, -0.2) is 0 Å². The van der Waals surface area contributed by atoms with Crippen molar-refractivity contribution in [2.24, 2.45) is 0 Å². The van der Waals surface area contributed by atoms with E-state index in [2.05, 4.69) is 12.6 Å². The molecule has 3 rings (SSSR count). The van der Waals surface area contributed by atoms with Gasteiger partial charge in [0.05, 0.1) is 18.9 Å². The molecule has 1 fully saturated rings. The Kier molecular flexibility index (Phi) is 3.15. The third kappa shape index (κ3) is 1.72. The highest BCUT2D eigenvalue weighted by atomic mass is 16.7. The first kappa shape index (κ1) is 13.3. The third-order valence-corrected chi connectivity index (χ3v) is 3.81. The van der Waals surface area contributed by atoms with Crippen LogP contribution in [0.5, 0.6) is 0 Å². The highest BCUT2D eigenvalue weighted by Gasteiger charge is 2.55. The topological polar surface area (TPSA) is 38.8 Å². The van der Waals surface area contributed by atoms with E-state index < -0.39 is 5.79 Å². The Balaban J connectivity index is 2.20. The molecule has 2 heterocycles. The van der Waals surface area contributed by atoms with Crippen LogP contribution in [-0.2, 0) is 20.1 Å². The zero-order valence-corrected chi connectivity index (χ0v) is 11.9. The Morgan fingerprint density at radius 1 is 1.35 bits per heavy atom. The molecule has 2 aliphatic heterocycles. The van der Waals surface area contributed by atoms with Gasteiger partial charge in [-0.3, -0.25) is 4.79 Å². The number of hydrogen-bond acceptors (Lipinski definition) is 3. The van der Waals surface area contributed by atoms with E-state index in [0.717, 1.165) is 28.8 Å². The van der Waals surface area contributed by atoms with Crippen molar-refractivity contribution in [2.45, 2.75) is 26.1 Å². The number of hydrogen-bond donors (Lipinski definition) is 0. The number of fused-ring (bicyclic) bond motifs is 2. The van der Waals surface area contributed by atoms with Gasteiger partial charge in [0.1, 0.15) is 0 Å². The summed E-state index contributed by atoms with van der Waals surface area (Å²) < 4.78 is 11.6. The average molecular weight is 273 g/mol. The molecule has 4 heteroatoms. The molecule has 0 N–H and O–H groups in total. The zero-order chi connectivity index (χ0) is 14.3. The van der Waals surface area contributed by atoms with Gasteiger partial charge in [0.2, 0.25) is 0 Å². The summed E-state index contributed by atoms with van der Waals surface area (Å²) in [7, 11) is 0. The number of ether oxygens (including phenoxy) is 2. The predicted octanol–water partition coefficient (Wildman–Crippen LogP) is 2.43. The van der Waals surface area contributed by atoms with Crippen molar-refractivity contribution < 1.29 is 14.3 Å². The summed E-state index contributed by atoms with van der Waals surface area (Å²) in [6.07, 6.45) is 2.54. The third-order valence-electron chi connectivity index (χ3n) is 3.81. The molecule has 0 radical (unpaired) electrons. The van der Waals surface area contributed by atoms with Crippen LogP contribution in [0, 0.1) is 13.8 Å². The minimum Gasteiger partial charge on any atom is -0.338 e. The van der Waals surface area contributed by atoms with Gasteiger partial charge in [-0.05, 0) is 31.9 Å². The highest BCUT2D eigenvalue weighted by Crippen LogP contribution is 2.47. The van der Waals surface area contributed by atoms with Gasteiger partial charge in [0, 0.05) is 12.1 Å². The summed E-state index contributed by atoms with van der Waals surface area (Å²) in [6, 6.07) is 4.07. The molecule has 4 nitrogen and oxygen atoms in total. The molecule has 1 aromatic carbocycles. The standard InChI is InChI=1S/C16H19NO3/c1-4-6-17-14-12(3)9-11(2)10-13(14)16(15(17)18)19-7-5-8-20-16/h4,9-10H,1,5-8H2,2-3H3. The fraction of sp³-hybridized carbons (Fsp3) is 0.438. The van der Waals surface area contributed by atoms with Crippen LogP contribution < -0.4 is 4.90 Å². The smallest absolute Gasteiger partial charge is 0.292 e. The lowest BCUT2D eigenvalue weighted by Crippen LogP contribution is -2.47. The van der Waals surface area contributed by atoms with E-state index in [0.29, 0.717) is 19.8 Å². The van der Waals surface area contributed by atoms with Crippen molar-refractivity contribution in [3.63, 3.8) is 0 Å². The van der Waals surface area contributed by atoms with E-state index in [1.165, 1.54) is 0 Å². The lowest BCUT2D eigenvalue weighted by molar-refractivity contribution is -0.256. The first-order valence-electron chi connectivity index (χ1n) is 6.92. The summed E-state index contributed by atoms with van der Waals surface area (Å²) in [5.41, 5.74) is 3.90. The second kappa shape index (κ2) is 4.72. The van der Waals surface area contributed by atoms with Crippen LogP contribution >= 0.6 is 0 Å². The van der Waals surface area contributed by atoms with E-state index in [1.54, 1.807) is 11.0 Å². The van der Waals surface area contributed by atoms with Crippen molar-refractivity contribution in [1.29, 1.82) is 0 Å². The predicted molar refractivity (Wildman–Crippen MR) is 76.7 cm³/mol. The van der Waals surface area contributed by atoms with Gasteiger partial charge in [-0.15, -0.1) is 6.58 Å². The van der Waals surface area contributed by atoms with Crippen LogP contribution in [0.1, 0.15) is 23.1 Å². The molecule has 1 amide bonds. The summed E-state index contributed by atoms with van der Waals surface area (Å²) in [6.45, 7) is 9.31. The number of anilines is 1. The molecule has 0 unspecified atom stereocenters. The van der Waals surface area contributed by atoms with Crippen LogP contribution in [0.25, 0.3) is 0 Å². The number of nitrogens with zero attached hydrogens (tertiary/aromatic N) is 1. The van der Waals surface area contributed by atoms with Crippen molar-refractivity contribution >= 4 is 11.6 Å². The maximum atomic E-state index is 12.8. The lowest BCUT2D eigenvalue weighted by Gasteiger charge is -2.32. The molecule has 0 atom stereocenters. The van der Waals surface area contributed by atoms with Crippen molar-refractivity contribution in [1.82, 2.24) is 0 Å². The number of amides is 1. The molecule has 0 bridgehead atoms. The number of aryl methyl sites for hydroxylation is 2. The van der Waals surface area contributed by atoms with Crippen LogP contribution in [-0.4, -0.2) is 25.7 Å². The SMILES string of the molecule is C=CCN1C(=O)C2(OCCCO2)c2cc(C)cc(C)c21. The Morgan fingerprint density at radius 3 is 2.70 bits per heavy atom. The fourth-order valence-electron chi connectivity index (χ4n) is 3.08. The number of rotatable bonds is 2. The van der Waals surface area contributed by atoms with Crippen LogP contribution in [0.2, 0.25) is 0 Å². The quantitative estimate of drug-likeness (QED) is 0.777. The Labute approximate surface area is 119 Å².